The number of hydrogen-bond acceptors (Lipinski definition) is 2. The normalized spacial score (nSPS) is 13.1. The summed E-state index contributed by atoms with van der Waals surface area (Å²) < 4.78 is 0. The van der Waals surface area contributed by atoms with Crippen LogP contribution < -0.4 is 5.73 Å². The fraction of sp³-hybridized carbons (Fsp3) is 0.588. The summed E-state index contributed by atoms with van der Waals surface area (Å²) in [5.41, 5.74) is 8.61. The van der Waals surface area contributed by atoms with Crippen molar-refractivity contribution in [3.05, 3.63) is 35.4 Å². The number of carbonyl (C=O) groups is 1. The summed E-state index contributed by atoms with van der Waals surface area (Å²) in [5.74, 6) is 0.113. The first-order valence-electron chi connectivity index (χ1n) is 7.22. The molecule has 0 aliphatic heterocycles. The Hall–Kier alpha value is -1.35. The predicted molar refractivity (Wildman–Crippen MR) is 84.3 cm³/mol. The molecular formula is C17H28N2O. The average molecular weight is 276 g/mol. The Balaban J connectivity index is 2.48. The summed E-state index contributed by atoms with van der Waals surface area (Å²) in [7, 11) is 1.84. The summed E-state index contributed by atoms with van der Waals surface area (Å²) in [6.07, 6.45) is 1.27. The van der Waals surface area contributed by atoms with Gasteiger partial charge in [0.15, 0.2) is 0 Å². The Morgan fingerprint density at radius 3 is 2.30 bits per heavy atom. The SMILES string of the molecule is Cc1ccc(CN(C)C(=O)CC(N)CC(C)(C)C)cc1. The Morgan fingerprint density at radius 1 is 1.25 bits per heavy atom. The molecule has 20 heavy (non-hydrogen) atoms. The van der Waals surface area contributed by atoms with E-state index in [1.54, 1.807) is 4.90 Å². The van der Waals surface area contributed by atoms with Crippen molar-refractivity contribution in [2.75, 3.05) is 7.05 Å². The summed E-state index contributed by atoms with van der Waals surface area (Å²) in [4.78, 5) is 13.9. The van der Waals surface area contributed by atoms with Crippen LogP contribution in [0.2, 0.25) is 0 Å². The number of carbonyl (C=O) groups excluding carboxylic acids is 1. The topological polar surface area (TPSA) is 46.3 Å². The Kier molecular flexibility index (Phi) is 5.75. The summed E-state index contributed by atoms with van der Waals surface area (Å²) >= 11 is 0. The second-order valence-corrected chi connectivity index (χ2v) is 6.96. The summed E-state index contributed by atoms with van der Waals surface area (Å²) in [6, 6.07) is 8.20. The van der Waals surface area contributed by atoms with Crippen LogP contribution in [-0.2, 0) is 11.3 Å². The van der Waals surface area contributed by atoms with Crippen molar-refractivity contribution >= 4 is 5.91 Å². The van der Waals surface area contributed by atoms with Crippen LogP contribution in [0.15, 0.2) is 24.3 Å². The Bertz CT molecular complexity index is 431. The van der Waals surface area contributed by atoms with Gasteiger partial charge in [0.25, 0.3) is 0 Å². The van der Waals surface area contributed by atoms with Crippen molar-refractivity contribution in [3.63, 3.8) is 0 Å². The maximum absolute atomic E-state index is 12.2. The molecule has 0 aliphatic carbocycles. The molecule has 112 valence electrons. The van der Waals surface area contributed by atoms with Gasteiger partial charge in [-0.25, -0.2) is 0 Å². The standard InChI is InChI=1S/C17H28N2O/c1-13-6-8-14(9-7-13)12-19(5)16(20)10-15(18)11-17(2,3)4/h6-9,15H,10-12,18H2,1-5H3. The third-order valence-corrected chi connectivity index (χ3v) is 3.28. The van der Waals surface area contributed by atoms with Gasteiger partial charge in [-0.05, 0) is 24.3 Å². The molecule has 0 radical (unpaired) electrons. The van der Waals surface area contributed by atoms with E-state index in [0.717, 1.165) is 12.0 Å². The number of amides is 1. The molecule has 1 aromatic rings. The highest BCUT2D eigenvalue weighted by Crippen LogP contribution is 2.21. The molecule has 1 aromatic carbocycles. The van der Waals surface area contributed by atoms with Crippen LogP contribution in [0.3, 0.4) is 0 Å². The van der Waals surface area contributed by atoms with Crippen LogP contribution >= 0.6 is 0 Å². The van der Waals surface area contributed by atoms with Gasteiger partial charge in [-0.15, -0.1) is 0 Å². The molecule has 0 saturated heterocycles. The maximum Gasteiger partial charge on any atom is 0.224 e. The second kappa shape index (κ2) is 6.89. The van der Waals surface area contributed by atoms with Crippen LogP contribution in [-0.4, -0.2) is 23.9 Å². The van der Waals surface area contributed by atoms with Crippen molar-refractivity contribution in [1.29, 1.82) is 0 Å². The van der Waals surface area contributed by atoms with E-state index in [0.29, 0.717) is 13.0 Å². The van der Waals surface area contributed by atoms with Gasteiger partial charge in [-0.3, -0.25) is 4.79 Å². The number of hydrogen-bond donors (Lipinski definition) is 1. The van der Waals surface area contributed by atoms with Gasteiger partial charge in [0.1, 0.15) is 0 Å². The minimum atomic E-state index is -0.0667. The lowest BCUT2D eigenvalue weighted by molar-refractivity contribution is -0.130. The molecule has 0 bridgehead atoms. The first-order chi connectivity index (χ1) is 9.17. The fourth-order valence-electron chi connectivity index (χ4n) is 2.29. The smallest absolute Gasteiger partial charge is 0.224 e. The monoisotopic (exact) mass is 276 g/mol. The third kappa shape index (κ3) is 6.20. The Labute approximate surface area is 123 Å². The van der Waals surface area contributed by atoms with E-state index in [-0.39, 0.29) is 17.4 Å². The Morgan fingerprint density at radius 2 is 1.80 bits per heavy atom. The lowest BCUT2D eigenvalue weighted by Crippen LogP contribution is -2.35. The van der Waals surface area contributed by atoms with E-state index in [2.05, 4.69) is 52.0 Å². The van der Waals surface area contributed by atoms with Gasteiger partial charge in [0, 0.05) is 26.1 Å². The number of benzene rings is 1. The lowest BCUT2D eigenvalue weighted by Gasteiger charge is -2.25. The van der Waals surface area contributed by atoms with Gasteiger partial charge < -0.3 is 10.6 Å². The number of aryl methyl sites for hydroxylation is 1. The lowest BCUT2D eigenvalue weighted by atomic mass is 9.87. The zero-order chi connectivity index (χ0) is 15.3. The molecule has 0 saturated carbocycles. The van der Waals surface area contributed by atoms with Crippen LogP contribution in [0.5, 0.6) is 0 Å². The van der Waals surface area contributed by atoms with Gasteiger partial charge in [0.2, 0.25) is 5.91 Å². The molecule has 1 amide bonds. The molecular weight excluding hydrogens is 248 g/mol. The second-order valence-electron chi connectivity index (χ2n) is 6.96. The third-order valence-electron chi connectivity index (χ3n) is 3.28. The summed E-state index contributed by atoms with van der Waals surface area (Å²) in [6.45, 7) is 9.14. The van der Waals surface area contributed by atoms with Gasteiger partial charge in [0.05, 0.1) is 0 Å². The van der Waals surface area contributed by atoms with Crippen LogP contribution in [0, 0.1) is 12.3 Å². The predicted octanol–water partition coefficient (Wildman–Crippen LogP) is 3.11. The molecule has 0 aromatic heterocycles. The van der Waals surface area contributed by atoms with E-state index in [9.17, 15) is 4.79 Å². The number of rotatable bonds is 5. The first kappa shape index (κ1) is 16.7. The minimum Gasteiger partial charge on any atom is -0.341 e. The van der Waals surface area contributed by atoms with Crippen molar-refractivity contribution in [1.82, 2.24) is 4.90 Å². The van der Waals surface area contributed by atoms with E-state index >= 15 is 0 Å². The molecule has 3 heteroatoms. The average Bonchev–Trinajstić information content (AvgIpc) is 2.29. The van der Waals surface area contributed by atoms with E-state index in [1.807, 2.05) is 7.05 Å². The van der Waals surface area contributed by atoms with Crippen LogP contribution in [0.1, 0.15) is 44.7 Å². The fourth-order valence-corrected chi connectivity index (χ4v) is 2.29. The zero-order valence-corrected chi connectivity index (χ0v) is 13.4. The van der Waals surface area contributed by atoms with Crippen molar-refractivity contribution < 1.29 is 4.79 Å². The highest BCUT2D eigenvalue weighted by atomic mass is 16.2. The van der Waals surface area contributed by atoms with Crippen molar-refractivity contribution in [2.24, 2.45) is 11.1 Å². The molecule has 3 nitrogen and oxygen atoms in total. The largest absolute Gasteiger partial charge is 0.341 e. The molecule has 0 heterocycles. The van der Waals surface area contributed by atoms with Gasteiger partial charge in [-0.1, -0.05) is 50.6 Å². The van der Waals surface area contributed by atoms with E-state index in [1.165, 1.54) is 5.56 Å². The summed E-state index contributed by atoms with van der Waals surface area (Å²) in [5, 5.41) is 0. The van der Waals surface area contributed by atoms with Crippen molar-refractivity contribution in [2.45, 2.75) is 53.1 Å². The molecule has 0 fully saturated rings. The maximum atomic E-state index is 12.2. The molecule has 1 rings (SSSR count). The number of nitrogens with two attached hydrogens (primary N) is 1. The zero-order valence-electron chi connectivity index (χ0n) is 13.4. The molecule has 0 spiro atoms. The number of nitrogens with zero attached hydrogens (tertiary/aromatic N) is 1. The van der Waals surface area contributed by atoms with E-state index in [4.69, 9.17) is 5.73 Å². The van der Waals surface area contributed by atoms with Crippen LogP contribution in [0.25, 0.3) is 0 Å². The quantitative estimate of drug-likeness (QED) is 0.898. The van der Waals surface area contributed by atoms with Gasteiger partial charge in [-0.2, -0.15) is 0 Å². The highest BCUT2D eigenvalue weighted by Gasteiger charge is 2.19. The first-order valence-corrected chi connectivity index (χ1v) is 7.22. The molecule has 1 atom stereocenters. The molecule has 1 unspecified atom stereocenters. The molecule has 0 aliphatic rings. The van der Waals surface area contributed by atoms with E-state index < -0.39 is 0 Å². The minimum absolute atomic E-state index is 0.0667. The van der Waals surface area contributed by atoms with Crippen molar-refractivity contribution in [3.8, 4) is 0 Å². The van der Waals surface area contributed by atoms with Crippen LogP contribution in [0.4, 0.5) is 0 Å². The highest BCUT2D eigenvalue weighted by molar-refractivity contribution is 5.76. The molecule has 2 N–H and O–H groups in total. The van der Waals surface area contributed by atoms with Gasteiger partial charge >= 0.3 is 0 Å².